The fourth-order valence-corrected chi connectivity index (χ4v) is 7.64. The van der Waals surface area contributed by atoms with Gasteiger partial charge < -0.3 is 35.1 Å². The molecule has 13 nitrogen and oxygen atoms in total. The number of piperazine rings is 1. The molecule has 3 amide bonds. The Balaban J connectivity index is 1.39. The molecule has 0 aromatic rings. The number of likely N-dealkylation sites (tertiary alicyclic amines) is 1. The van der Waals surface area contributed by atoms with E-state index in [4.69, 9.17) is 19.9 Å². The first-order valence-corrected chi connectivity index (χ1v) is 19.3. The monoisotopic (exact) mass is 730 g/mol. The van der Waals surface area contributed by atoms with Crippen molar-refractivity contribution >= 4 is 24.1 Å². The summed E-state index contributed by atoms with van der Waals surface area (Å²) in [4.78, 5) is 56.1. The fraction of sp³-hybridized carbons (Fsp3) is 0.744. The number of primary amides is 1. The van der Waals surface area contributed by atoms with Crippen molar-refractivity contribution in [2.24, 2.45) is 17.6 Å². The first-order chi connectivity index (χ1) is 24.7. The Morgan fingerprint density at radius 2 is 1.71 bits per heavy atom. The minimum atomic E-state index is -1.49. The number of aliphatic hydroxyl groups excluding tert-OH is 1. The van der Waals surface area contributed by atoms with Gasteiger partial charge in [-0.15, -0.1) is 0 Å². The van der Waals surface area contributed by atoms with Crippen molar-refractivity contribution < 1.29 is 43.6 Å². The molecule has 13 heteroatoms. The SMILES string of the molecule is C/C(=C\C=C\[C@@H](C)COC(=O)N1CCC[C@@H]1C(N)=O)[C@H]1OC(=O)C[C@@H](O)CC[C@](C)(O)[C@@H](OC(=O)N2CCN(C3CCCCCC3)CC2)/C=C\[C@@H]1C. The van der Waals surface area contributed by atoms with Gasteiger partial charge >= 0.3 is 18.2 Å². The smallest absolute Gasteiger partial charge is 0.410 e. The summed E-state index contributed by atoms with van der Waals surface area (Å²) in [5.74, 6) is -1.62. The average molecular weight is 731 g/mol. The van der Waals surface area contributed by atoms with Crippen LogP contribution in [0.4, 0.5) is 9.59 Å². The summed E-state index contributed by atoms with van der Waals surface area (Å²) in [6.07, 6.45) is 13.9. The van der Waals surface area contributed by atoms with Crippen LogP contribution in [0.3, 0.4) is 0 Å². The molecule has 292 valence electrons. The van der Waals surface area contributed by atoms with Crippen LogP contribution in [0, 0.1) is 11.8 Å². The van der Waals surface area contributed by atoms with Gasteiger partial charge in [-0.05, 0) is 64.0 Å². The standard InChI is InChI=1S/C39H62N4O9/c1-27(26-50-38(48)43-20-10-15-32(43)36(40)46)11-9-12-28(2)35-29(3)16-17-33(39(4,49)19-18-31(44)25-34(45)52-35)51-37(47)42-23-21-41(22-24-42)30-13-7-5-6-8-14-30/h9,11-12,16-17,27,29-33,35,44,49H,5-8,10,13-15,18-26H2,1-4H3,(H2,40,46)/b11-9+,17-16-,28-12+/t27-,29+,31+,32-,33+,35-,39+/m1/s1. The third kappa shape index (κ3) is 12.1. The number of amides is 3. The lowest BCUT2D eigenvalue weighted by atomic mass is 9.89. The van der Waals surface area contributed by atoms with E-state index in [0.29, 0.717) is 38.5 Å². The van der Waals surface area contributed by atoms with E-state index in [-0.39, 0.29) is 37.7 Å². The zero-order valence-corrected chi connectivity index (χ0v) is 31.6. The van der Waals surface area contributed by atoms with E-state index in [0.717, 1.165) is 18.7 Å². The van der Waals surface area contributed by atoms with Crippen LogP contribution in [0.25, 0.3) is 0 Å². The van der Waals surface area contributed by atoms with E-state index in [9.17, 15) is 29.4 Å². The quantitative estimate of drug-likeness (QED) is 0.107. The summed E-state index contributed by atoms with van der Waals surface area (Å²) in [6.45, 7) is 10.4. The summed E-state index contributed by atoms with van der Waals surface area (Å²) in [5.41, 5.74) is 4.66. The van der Waals surface area contributed by atoms with E-state index in [1.165, 1.54) is 43.4 Å². The number of hydrogen-bond acceptors (Lipinski definition) is 10. The van der Waals surface area contributed by atoms with Gasteiger partial charge in [0.05, 0.1) is 19.1 Å². The molecular formula is C39H62N4O9. The summed E-state index contributed by atoms with van der Waals surface area (Å²) in [7, 11) is 0. The zero-order chi connectivity index (χ0) is 37.8. The summed E-state index contributed by atoms with van der Waals surface area (Å²) >= 11 is 0. The minimum Gasteiger partial charge on any atom is -0.457 e. The van der Waals surface area contributed by atoms with Gasteiger partial charge in [0, 0.05) is 50.6 Å². The van der Waals surface area contributed by atoms with Crippen LogP contribution in [-0.2, 0) is 23.8 Å². The molecule has 0 aromatic heterocycles. The number of allylic oxidation sites excluding steroid dienone is 2. The number of hydrogen-bond donors (Lipinski definition) is 3. The second-order valence-corrected chi connectivity index (χ2v) is 15.5. The lowest BCUT2D eigenvalue weighted by Crippen LogP contribution is -2.53. The summed E-state index contributed by atoms with van der Waals surface area (Å²) < 4.78 is 17.3. The molecule has 0 aromatic carbocycles. The molecule has 52 heavy (non-hydrogen) atoms. The maximum absolute atomic E-state index is 13.4. The number of carbonyl (C=O) groups is 4. The Kier molecular flexibility index (Phi) is 15.6. The van der Waals surface area contributed by atoms with Crippen LogP contribution in [0.2, 0.25) is 0 Å². The van der Waals surface area contributed by atoms with Crippen LogP contribution in [0.1, 0.15) is 98.3 Å². The molecule has 3 heterocycles. The van der Waals surface area contributed by atoms with Crippen molar-refractivity contribution in [3.8, 4) is 0 Å². The Hall–Kier alpha value is -3.42. The number of rotatable bonds is 8. The van der Waals surface area contributed by atoms with E-state index in [1.54, 1.807) is 30.1 Å². The van der Waals surface area contributed by atoms with Gasteiger partial charge in [0.1, 0.15) is 17.7 Å². The first-order valence-electron chi connectivity index (χ1n) is 19.3. The Labute approximate surface area is 309 Å². The topological polar surface area (TPSA) is 172 Å². The van der Waals surface area contributed by atoms with Gasteiger partial charge in [0.25, 0.3) is 0 Å². The number of nitrogens with zero attached hydrogens (tertiary/aromatic N) is 3. The molecule has 4 N–H and O–H groups in total. The number of nitrogens with two attached hydrogens (primary N) is 1. The van der Waals surface area contributed by atoms with Gasteiger partial charge in [-0.25, -0.2) is 9.59 Å². The van der Waals surface area contributed by atoms with Crippen molar-refractivity contribution in [3.05, 3.63) is 36.0 Å². The molecule has 0 radical (unpaired) electrons. The molecule has 2 saturated heterocycles. The van der Waals surface area contributed by atoms with Crippen molar-refractivity contribution in [2.45, 2.75) is 134 Å². The molecule has 1 aliphatic carbocycles. The minimum absolute atomic E-state index is 0.107. The lowest BCUT2D eigenvalue weighted by Gasteiger charge is -2.40. The number of esters is 1. The molecule has 1 saturated carbocycles. The second kappa shape index (κ2) is 19.6. The van der Waals surface area contributed by atoms with Gasteiger partial charge in [-0.2, -0.15) is 0 Å². The first kappa shape index (κ1) is 41.3. The largest absolute Gasteiger partial charge is 0.457 e. The molecule has 4 aliphatic rings. The van der Waals surface area contributed by atoms with E-state index < -0.39 is 54.0 Å². The van der Waals surface area contributed by atoms with Crippen molar-refractivity contribution in [1.29, 1.82) is 0 Å². The highest BCUT2D eigenvalue weighted by Crippen LogP contribution is 2.28. The molecule has 7 atom stereocenters. The second-order valence-electron chi connectivity index (χ2n) is 15.5. The number of ether oxygens (including phenoxy) is 3. The van der Waals surface area contributed by atoms with Crippen LogP contribution in [-0.4, -0.2) is 124 Å². The van der Waals surface area contributed by atoms with Gasteiger partial charge in [-0.1, -0.05) is 63.8 Å². The van der Waals surface area contributed by atoms with Crippen LogP contribution in [0.5, 0.6) is 0 Å². The Morgan fingerprint density at radius 3 is 2.38 bits per heavy atom. The van der Waals surface area contributed by atoms with Crippen LogP contribution in [0.15, 0.2) is 36.0 Å². The Bertz CT molecular complexity index is 1300. The molecule has 0 spiro atoms. The normalized spacial score (nSPS) is 31.9. The lowest BCUT2D eigenvalue weighted by molar-refractivity contribution is -0.151. The summed E-state index contributed by atoms with van der Waals surface area (Å²) in [5, 5.41) is 22.2. The number of cyclic esters (lactones) is 1. The molecule has 0 unspecified atom stereocenters. The zero-order valence-electron chi connectivity index (χ0n) is 31.6. The van der Waals surface area contributed by atoms with Gasteiger partial charge in [0.15, 0.2) is 6.10 Å². The third-order valence-electron chi connectivity index (χ3n) is 11.0. The molecular weight excluding hydrogens is 668 g/mol. The maximum Gasteiger partial charge on any atom is 0.410 e. The van der Waals surface area contributed by atoms with Crippen molar-refractivity contribution in [2.75, 3.05) is 39.3 Å². The number of carbonyl (C=O) groups excluding carboxylic acids is 4. The highest BCUT2D eigenvalue weighted by Gasteiger charge is 2.38. The Morgan fingerprint density at radius 1 is 1.02 bits per heavy atom. The molecule has 3 fully saturated rings. The van der Waals surface area contributed by atoms with Gasteiger partial charge in [0.2, 0.25) is 5.91 Å². The van der Waals surface area contributed by atoms with E-state index >= 15 is 0 Å². The van der Waals surface area contributed by atoms with Crippen molar-refractivity contribution in [3.63, 3.8) is 0 Å². The highest BCUT2D eigenvalue weighted by atomic mass is 16.6. The highest BCUT2D eigenvalue weighted by molar-refractivity contribution is 5.84. The average Bonchev–Trinajstić information content (AvgIpc) is 3.46. The summed E-state index contributed by atoms with van der Waals surface area (Å²) in [6, 6.07) is -0.0647. The van der Waals surface area contributed by atoms with E-state index in [1.807, 2.05) is 32.9 Å². The van der Waals surface area contributed by atoms with Crippen LogP contribution < -0.4 is 5.73 Å². The van der Waals surface area contributed by atoms with Gasteiger partial charge in [-0.3, -0.25) is 19.4 Å². The van der Waals surface area contributed by atoms with Crippen LogP contribution >= 0.6 is 0 Å². The molecule has 3 aliphatic heterocycles. The molecule has 0 bridgehead atoms. The van der Waals surface area contributed by atoms with E-state index in [2.05, 4.69) is 4.90 Å². The fourth-order valence-electron chi connectivity index (χ4n) is 7.64. The maximum atomic E-state index is 13.4. The van der Waals surface area contributed by atoms with Crippen molar-refractivity contribution in [1.82, 2.24) is 14.7 Å². The third-order valence-corrected chi connectivity index (χ3v) is 11.0. The predicted octanol–water partition coefficient (Wildman–Crippen LogP) is 4.46. The predicted molar refractivity (Wildman–Crippen MR) is 196 cm³/mol. The molecule has 4 rings (SSSR count). The number of aliphatic hydroxyl groups is 2.